The molecule has 0 aliphatic rings. The van der Waals surface area contributed by atoms with Gasteiger partial charge in [0.1, 0.15) is 0 Å². The lowest BCUT2D eigenvalue weighted by Crippen LogP contribution is -2.19. The molecule has 76 valence electrons. The molecule has 12 heavy (non-hydrogen) atoms. The highest BCUT2D eigenvalue weighted by Gasteiger charge is 2.07. The van der Waals surface area contributed by atoms with Crippen LogP contribution < -0.4 is 0 Å². The predicted molar refractivity (Wildman–Crippen MR) is 54.5 cm³/mol. The fraction of sp³-hybridized carbons (Fsp3) is 1.00. The van der Waals surface area contributed by atoms with E-state index in [1.807, 2.05) is 0 Å². The predicted octanol–water partition coefficient (Wildman–Crippen LogP) is 1.82. The van der Waals surface area contributed by atoms with Gasteiger partial charge in [-0.05, 0) is 13.8 Å². The molecule has 0 saturated heterocycles. The van der Waals surface area contributed by atoms with E-state index in [1.54, 1.807) is 13.8 Å². The van der Waals surface area contributed by atoms with Gasteiger partial charge in [0.15, 0.2) is 0 Å². The van der Waals surface area contributed by atoms with Gasteiger partial charge >= 0.3 is 0 Å². The molecule has 0 spiro atoms. The normalized spacial score (nSPS) is 11.0. The number of halogens is 3. The van der Waals surface area contributed by atoms with Crippen LogP contribution in [0.25, 0.3) is 0 Å². The fourth-order valence-electron chi connectivity index (χ4n) is 0.0412. The van der Waals surface area contributed by atoms with Crippen LogP contribution in [-0.4, -0.2) is 39.6 Å². The van der Waals surface area contributed by atoms with Crippen molar-refractivity contribution >= 4 is 34.8 Å². The second kappa shape index (κ2) is 8.39. The molecule has 0 saturated carbocycles. The summed E-state index contributed by atoms with van der Waals surface area (Å²) in [5, 5.41) is 17.1. The van der Waals surface area contributed by atoms with E-state index in [0.717, 1.165) is 0 Å². The van der Waals surface area contributed by atoms with Crippen molar-refractivity contribution in [3.8, 4) is 0 Å². The molecule has 0 aliphatic carbocycles. The Balaban J connectivity index is 0. The second-order valence-electron chi connectivity index (χ2n) is 2.91. The molecular weight excluding hydrogens is 222 g/mol. The summed E-state index contributed by atoms with van der Waals surface area (Å²) in [6.07, 6.45) is -0.534. The first-order chi connectivity index (χ1) is 5.37. The molecule has 0 rings (SSSR count). The van der Waals surface area contributed by atoms with E-state index in [4.69, 9.17) is 45.0 Å². The Morgan fingerprint density at radius 1 is 1.17 bits per heavy atom. The lowest BCUT2D eigenvalue weighted by Gasteiger charge is -2.09. The topological polar surface area (TPSA) is 40.5 Å². The third kappa shape index (κ3) is 17.0. The van der Waals surface area contributed by atoms with Gasteiger partial charge in [-0.25, -0.2) is 0 Å². The van der Waals surface area contributed by atoms with Crippen molar-refractivity contribution in [2.45, 2.75) is 25.6 Å². The zero-order valence-electron chi connectivity index (χ0n) is 7.23. The maximum Gasteiger partial charge on any atom is 0.0810 e. The first kappa shape index (κ1) is 15.3. The van der Waals surface area contributed by atoms with Gasteiger partial charge in [0.2, 0.25) is 0 Å². The summed E-state index contributed by atoms with van der Waals surface area (Å²) in [5.41, 5.74) is -0.693. The molecule has 5 heteroatoms. The molecule has 0 aliphatic heterocycles. The monoisotopic (exact) mass is 236 g/mol. The lowest BCUT2D eigenvalue weighted by atomic mass is 10.2. The van der Waals surface area contributed by atoms with Crippen LogP contribution in [0.3, 0.4) is 0 Å². The van der Waals surface area contributed by atoms with Crippen LogP contribution in [-0.2, 0) is 0 Å². The van der Waals surface area contributed by atoms with E-state index in [-0.39, 0.29) is 11.8 Å². The van der Waals surface area contributed by atoms with Crippen molar-refractivity contribution in [2.75, 3.05) is 17.6 Å². The van der Waals surface area contributed by atoms with Crippen molar-refractivity contribution in [1.82, 2.24) is 0 Å². The van der Waals surface area contributed by atoms with Crippen molar-refractivity contribution < 1.29 is 10.2 Å². The SMILES string of the molecule is CC(C)(O)CCl.OC(CCl)CCl. The molecule has 0 unspecified atom stereocenters. The molecule has 0 aromatic carbocycles. The summed E-state index contributed by atoms with van der Waals surface area (Å²) >= 11 is 15.5. The maximum absolute atomic E-state index is 8.69. The average molecular weight is 238 g/mol. The van der Waals surface area contributed by atoms with Gasteiger partial charge in [-0.1, -0.05) is 0 Å². The highest BCUT2D eigenvalue weighted by atomic mass is 35.5. The van der Waals surface area contributed by atoms with Crippen molar-refractivity contribution in [3.63, 3.8) is 0 Å². The molecule has 0 amide bonds. The quantitative estimate of drug-likeness (QED) is 0.735. The summed E-state index contributed by atoms with van der Waals surface area (Å²) in [6.45, 7) is 3.33. The summed E-state index contributed by atoms with van der Waals surface area (Å²) in [7, 11) is 0. The van der Waals surface area contributed by atoms with Gasteiger partial charge in [0.05, 0.1) is 17.6 Å². The third-order valence-electron chi connectivity index (χ3n) is 0.683. The van der Waals surface area contributed by atoms with Crippen LogP contribution in [0.2, 0.25) is 0 Å². The largest absolute Gasteiger partial charge is 0.391 e. The number of alkyl halides is 3. The van der Waals surface area contributed by atoms with Gasteiger partial charge in [-0.3, -0.25) is 0 Å². The van der Waals surface area contributed by atoms with E-state index in [2.05, 4.69) is 0 Å². The van der Waals surface area contributed by atoms with Gasteiger partial charge in [-0.15, -0.1) is 34.8 Å². The van der Waals surface area contributed by atoms with Crippen molar-refractivity contribution in [2.24, 2.45) is 0 Å². The molecule has 2 N–H and O–H groups in total. The number of aliphatic hydroxyl groups is 2. The van der Waals surface area contributed by atoms with E-state index in [0.29, 0.717) is 5.88 Å². The minimum absolute atomic E-state index is 0.226. The lowest BCUT2D eigenvalue weighted by molar-refractivity contribution is 0.105. The average Bonchev–Trinajstić information content (AvgIpc) is 2.03. The van der Waals surface area contributed by atoms with Gasteiger partial charge in [0.25, 0.3) is 0 Å². The Hall–Kier alpha value is 0.790. The van der Waals surface area contributed by atoms with Crippen LogP contribution in [0.5, 0.6) is 0 Å². The molecule has 2 nitrogen and oxygen atoms in total. The summed E-state index contributed by atoms with van der Waals surface area (Å²) in [6, 6.07) is 0. The van der Waals surface area contributed by atoms with Crippen LogP contribution in [0, 0.1) is 0 Å². The van der Waals surface area contributed by atoms with Gasteiger partial charge in [0, 0.05) is 11.8 Å². The molecule has 0 radical (unpaired) electrons. The zero-order valence-corrected chi connectivity index (χ0v) is 9.49. The number of hydrogen-bond acceptors (Lipinski definition) is 2. The maximum atomic E-state index is 8.69. The minimum atomic E-state index is -0.693. The molecular formula is C7H15Cl3O2. The molecule has 0 bridgehead atoms. The van der Waals surface area contributed by atoms with Gasteiger partial charge < -0.3 is 10.2 Å². The Kier molecular flexibility index (Phi) is 10.7. The highest BCUT2D eigenvalue weighted by molar-refractivity contribution is 6.21. The highest BCUT2D eigenvalue weighted by Crippen LogP contribution is 2.00. The standard InChI is InChI=1S/C4H9ClO.C3H6Cl2O/c1-4(2,6)3-5;4-1-3(6)2-5/h6H,3H2,1-2H3;3,6H,1-2H2. The minimum Gasteiger partial charge on any atom is -0.391 e. The molecule has 0 aromatic rings. The Labute approximate surface area is 88.4 Å². The molecule has 0 atom stereocenters. The van der Waals surface area contributed by atoms with Crippen molar-refractivity contribution in [3.05, 3.63) is 0 Å². The first-order valence-corrected chi connectivity index (χ1v) is 5.06. The van der Waals surface area contributed by atoms with Crippen LogP contribution >= 0.6 is 34.8 Å². The Morgan fingerprint density at radius 3 is 1.42 bits per heavy atom. The molecule has 0 fully saturated rings. The number of rotatable bonds is 3. The summed E-state index contributed by atoms with van der Waals surface area (Å²) in [5.74, 6) is 0.750. The fourth-order valence-corrected chi connectivity index (χ4v) is 0.371. The van der Waals surface area contributed by atoms with E-state index >= 15 is 0 Å². The molecule has 0 heterocycles. The smallest absolute Gasteiger partial charge is 0.0810 e. The summed E-state index contributed by atoms with van der Waals surface area (Å²) < 4.78 is 0. The number of aliphatic hydroxyl groups excluding tert-OH is 1. The van der Waals surface area contributed by atoms with E-state index < -0.39 is 11.7 Å². The summed E-state index contributed by atoms with van der Waals surface area (Å²) in [4.78, 5) is 0. The van der Waals surface area contributed by atoms with Crippen LogP contribution in [0.1, 0.15) is 13.8 Å². The second-order valence-corrected chi connectivity index (χ2v) is 3.79. The van der Waals surface area contributed by atoms with E-state index in [9.17, 15) is 0 Å². The van der Waals surface area contributed by atoms with Gasteiger partial charge in [-0.2, -0.15) is 0 Å². The first-order valence-electron chi connectivity index (χ1n) is 3.45. The van der Waals surface area contributed by atoms with E-state index in [1.165, 1.54) is 0 Å². The molecule has 0 aromatic heterocycles. The van der Waals surface area contributed by atoms with Crippen molar-refractivity contribution in [1.29, 1.82) is 0 Å². The third-order valence-corrected chi connectivity index (χ3v) is 2.05. The zero-order chi connectivity index (χ0) is 10.2. The number of hydrogen-bond donors (Lipinski definition) is 2. The van der Waals surface area contributed by atoms with Crippen LogP contribution in [0.4, 0.5) is 0 Å². The van der Waals surface area contributed by atoms with Crippen LogP contribution in [0.15, 0.2) is 0 Å². The Bertz CT molecular complexity index is 89.1. The Morgan fingerprint density at radius 2 is 1.42 bits per heavy atom.